The zero-order valence-electron chi connectivity index (χ0n) is 19.1. The Balaban J connectivity index is 1.67. The molecule has 0 N–H and O–H groups in total. The van der Waals surface area contributed by atoms with Crippen molar-refractivity contribution in [1.29, 1.82) is 0 Å². The van der Waals surface area contributed by atoms with Crippen LogP contribution < -0.4 is 8.92 Å². The number of ether oxygens (including phenoxy) is 1. The lowest BCUT2D eigenvalue weighted by Gasteiger charge is -2.28. The Morgan fingerprint density at radius 1 is 0.895 bits per heavy atom. The molecule has 2 atom stereocenters. The number of fused-ring (bicyclic) bond motifs is 1. The van der Waals surface area contributed by atoms with Gasteiger partial charge in [-0.15, -0.1) is 0 Å². The first kappa shape index (κ1) is 27.8. The predicted molar refractivity (Wildman–Crippen MR) is 117 cm³/mol. The molecule has 0 saturated carbocycles. The van der Waals surface area contributed by atoms with Crippen LogP contribution >= 0.6 is 0 Å². The van der Waals surface area contributed by atoms with Crippen molar-refractivity contribution in [3.05, 3.63) is 87.7 Å². The van der Waals surface area contributed by atoms with Gasteiger partial charge in [0, 0.05) is 17.5 Å². The van der Waals surface area contributed by atoms with E-state index in [1.807, 2.05) is 0 Å². The summed E-state index contributed by atoms with van der Waals surface area (Å²) in [6, 6.07) is 6.99. The summed E-state index contributed by atoms with van der Waals surface area (Å²) < 4.78 is 143. The molecular formula is C25H17F9O3S. The zero-order chi connectivity index (χ0) is 27.8. The number of benzene rings is 3. The van der Waals surface area contributed by atoms with Gasteiger partial charge in [-0.05, 0) is 48.6 Å². The highest BCUT2D eigenvalue weighted by atomic mass is 32.2. The lowest BCUT2D eigenvalue weighted by molar-refractivity contribution is -0.137. The van der Waals surface area contributed by atoms with E-state index in [2.05, 4.69) is 4.18 Å². The molecule has 1 aliphatic rings. The minimum Gasteiger partial charge on any atom is -0.493 e. The molecule has 0 aliphatic carbocycles. The highest BCUT2D eigenvalue weighted by molar-refractivity contribution is 7.80. The van der Waals surface area contributed by atoms with Gasteiger partial charge in [0.1, 0.15) is 5.75 Å². The summed E-state index contributed by atoms with van der Waals surface area (Å²) in [5.74, 6) is -13.6. The molecule has 0 aromatic heterocycles. The van der Waals surface area contributed by atoms with Crippen molar-refractivity contribution in [3.8, 4) is 11.5 Å². The summed E-state index contributed by atoms with van der Waals surface area (Å²) in [6.07, 6.45) is -4.17. The molecule has 0 saturated heterocycles. The topological polar surface area (TPSA) is 35.5 Å². The van der Waals surface area contributed by atoms with Crippen LogP contribution in [0.3, 0.4) is 0 Å². The van der Waals surface area contributed by atoms with Gasteiger partial charge in [-0.3, -0.25) is 4.39 Å². The van der Waals surface area contributed by atoms with Crippen LogP contribution in [0.4, 0.5) is 39.5 Å². The van der Waals surface area contributed by atoms with Crippen molar-refractivity contribution in [3.63, 3.8) is 0 Å². The largest absolute Gasteiger partial charge is 0.493 e. The van der Waals surface area contributed by atoms with Crippen LogP contribution in [0.15, 0.2) is 41.3 Å². The Morgan fingerprint density at radius 2 is 1.53 bits per heavy atom. The third-order valence-electron chi connectivity index (χ3n) is 5.97. The number of rotatable bonds is 7. The highest BCUT2D eigenvalue weighted by Gasteiger charge is 2.33. The molecule has 3 nitrogen and oxygen atoms in total. The maximum Gasteiger partial charge on any atom is 0.416 e. The SMILES string of the molecule is O=S(Oc1c(F)c(F)c(F)c(F)c1F)c1ccc2c(c1)OCCC2c1ccc(C(F)(F)F)cc1CCCF. The number of aryl methyl sites for hydroxylation is 1. The van der Waals surface area contributed by atoms with Gasteiger partial charge in [-0.2, -0.15) is 22.0 Å². The molecule has 0 bridgehead atoms. The molecule has 2 unspecified atom stereocenters. The zero-order valence-corrected chi connectivity index (χ0v) is 19.9. The lowest BCUT2D eigenvalue weighted by atomic mass is 9.82. The summed E-state index contributed by atoms with van der Waals surface area (Å²) in [5, 5.41) is 0. The van der Waals surface area contributed by atoms with Crippen molar-refractivity contribution in [2.45, 2.75) is 36.3 Å². The molecule has 4 rings (SSSR count). The normalized spacial score (nSPS) is 16.1. The smallest absolute Gasteiger partial charge is 0.416 e. The molecule has 38 heavy (non-hydrogen) atoms. The Kier molecular flexibility index (Phi) is 7.96. The molecule has 13 heteroatoms. The van der Waals surface area contributed by atoms with Crippen LogP contribution in [0.5, 0.6) is 11.5 Å². The molecule has 1 heterocycles. The number of alkyl halides is 4. The van der Waals surface area contributed by atoms with Crippen LogP contribution in [-0.4, -0.2) is 17.5 Å². The summed E-state index contributed by atoms with van der Waals surface area (Å²) in [6.45, 7) is -0.631. The lowest BCUT2D eigenvalue weighted by Crippen LogP contribution is -2.18. The van der Waals surface area contributed by atoms with Crippen LogP contribution in [-0.2, 0) is 23.7 Å². The number of halogens is 9. The van der Waals surface area contributed by atoms with Crippen LogP contribution in [0, 0.1) is 29.1 Å². The summed E-state index contributed by atoms with van der Waals surface area (Å²) in [4.78, 5) is -0.238. The summed E-state index contributed by atoms with van der Waals surface area (Å²) in [7, 11) is 0. The van der Waals surface area contributed by atoms with E-state index in [4.69, 9.17) is 4.74 Å². The first-order valence-corrected chi connectivity index (χ1v) is 12.2. The third kappa shape index (κ3) is 5.33. The first-order valence-electron chi connectivity index (χ1n) is 11.1. The average Bonchev–Trinajstić information content (AvgIpc) is 2.90. The molecule has 0 fully saturated rings. The Bertz CT molecular complexity index is 1360. The van der Waals surface area contributed by atoms with Gasteiger partial charge in [-0.25, -0.2) is 17.4 Å². The van der Waals surface area contributed by atoms with E-state index in [1.165, 1.54) is 24.3 Å². The monoisotopic (exact) mass is 568 g/mol. The van der Waals surface area contributed by atoms with Gasteiger partial charge in [0.15, 0.2) is 0 Å². The second kappa shape index (κ2) is 10.9. The molecule has 3 aromatic rings. The van der Waals surface area contributed by atoms with Crippen molar-refractivity contribution < 1.29 is 52.6 Å². The van der Waals surface area contributed by atoms with Crippen molar-refractivity contribution in [1.82, 2.24) is 0 Å². The minimum atomic E-state index is -4.59. The van der Waals surface area contributed by atoms with Crippen molar-refractivity contribution in [2.24, 2.45) is 0 Å². The predicted octanol–water partition coefficient (Wildman–Crippen LogP) is 7.32. The number of hydrogen-bond donors (Lipinski definition) is 0. The third-order valence-corrected chi connectivity index (χ3v) is 6.93. The van der Waals surface area contributed by atoms with Crippen LogP contribution in [0.1, 0.15) is 41.0 Å². The molecule has 0 radical (unpaired) electrons. The van der Waals surface area contributed by atoms with Gasteiger partial charge >= 0.3 is 6.18 Å². The molecule has 0 spiro atoms. The van der Waals surface area contributed by atoms with E-state index in [-0.39, 0.29) is 30.1 Å². The summed E-state index contributed by atoms with van der Waals surface area (Å²) >= 11 is -2.74. The standard InChI is InChI=1S/C25H17F9O3S/c26-8-1-2-12-10-13(25(32,33)34)3-5-15(12)16-7-9-36-18-11-14(4-6-17(16)18)38(35)37-24-22(30)20(28)19(27)21(29)23(24)31/h3-6,10-11,16H,1-2,7-9H2. The van der Waals surface area contributed by atoms with E-state index in [1.54, 1.807) is 0 Å². The second-order valence-electron chi connectivity index (χ2n) is 8.31. The minimum absolute atomic E-state index is 0.0112. The second-order valence-corrected chi connectivity index (χ2v) is 9.42. The van der Waals surface area contributed by atoms with E-state index < -0.39 is 70.2 Å². The first-order chi connectivity index (χ1) is 17.9. The van der Waals surface area contributed by atoms with E-state index in [9.17, 15) is 43.7 Å². The van der Waals surface area contributed by atoms with Gasteiger partial charge < -0.3 is 8.92 Å². The molecule has 3 aromatic carbocycles. The van der Waals surface area contributed by atoms with Crippen molar-refractivity contribution in [2.75, 3.05) is 13.3 Å². The number of hydrogen-bond acceptors (Lipinski definition) is 3. The van der Waals surface area contributed by atoms with Gasteiger partial charge in [0.2, 0.25) is 45.9 Å². The fraction of sp³-hybridized carbons (Fsp3) is 0.280. The Morgan fingerprint density at radius 3 is 2.16 bits per heavy atom. The fourth-order valence-corrected chi connectivity index (χ4v) is 4.95. The van der Waals surface area contributed by atoms with Crippen molar-refractivity contribution >= 4 is 11.1 Å². The van der Waals surface area contributed by atoms with Crippen LogP contribution in [0.2, 0.25) is 0 Å². The molecule has 1 aliphatic heterocycles. The fourth-order valence-electron chi connectivity index (χ4n) is 4.17. The average molecular weight is 568 g/mol. The quantitative estimate of drug-likeness (QED) is 0.170. The maximum absolute atomic E-state index is 13.9. The van der Waals surface area contributed by atoms with Crippen LogP contribution in [0.25, 0.3) is 0 Å². The maximum atomic E-state index is 13.9. The molecule has 0 amide bonds. The molecular weight excluding hydrogens is 551 g/mol. The molecule has 204 valence electrons. The van der Waals surface area contributed by atoms with E-state index >= 15 is 0 Å². The Labute approximate surface area is 212 Å². The summed E-state index contributed by atoms with van der Waals surface area (Å²) in [5.41, 5.74) is 0.424. The van der Waals surface area contributed by atoms with E-state index in [0.29, 0.717) is 23.1 Å². The van der Waals surface area contributed by atoms with Gasteiger partial charge in [0.05, 0.1) is 23.7 Å². The van der Waals surface area contributed by atoms with Gasteiger partial charge in [-0.1, -0.05) is 12.1 Å². The van der Waals surface area contributed by atoms with Gasteiger partial charge in [0.25, 0.3) is 0 Å². The Hall–Kier alpha value is -3.22. The van der Waals surface area contributed by atoms with E-state index in [0.717, 1.165) is 12.1 Å². The highest BCUT2D eigenvalue weighted by Crippen LogP contribution is 2.42.